The molecule has 1 heterocycles. The summed E-state index contributed by atoms with van der Waals surface area (Å²) in [6.07, 6.45) is -0.214. The number of nitrogens with zero attached hydrogens (tertiary/aromatic N) is 4. The molecule has 1 amide bonds. The summed E-state index contributed by atoms with van der Waals surface area (Å²) >= 11 is 3.43. The van der Waals surface area contributed by atoms with Crippen LogP contribution in [-0.4, -0.2) is 35.7 Å². The van der Waals surface area contributed by atoms with Crippen molar-refractivity contribution >= 4 is 33.4 Å². The Balaban J connectivity index is 1.77. The molecule has 0 saturated heterocycles. The Morgan fingerprint density at radius 1 is 1.17 bits per heavy atom. The van der Waals surface area contributed by atoms with Crippen molar-refractivity contribution in [3.05, 3.63) is 104 Å². The lowest BCUT2D eigenvalue weighted by Crippen LogP contribution is -2.47. The van der Waals surface area contributed by atoms with E-state index < -0.39 is 17.6 Å². The molecule has 0 aliphatic carbocycles. The Labute approximate surface area is 216 Å². The van der Waals surface area contributed by atoms with Gasteiger partial charge in [0.25, 0.3) is 0 Å². The Kier molecular flexibility index (Phi) is 7.90. The predicted octanol–water partition coefficient (Wildman–Crippen LogP) is 5.14. The summed E-state index contributed by atoms with van der Waals surface area (Å²) in [7, 11) is 0. The highest BCUT2D eigenvalue weighted by atomic mass is 79.9. The maximum atomic E-state index is 13.1. The second-order valence-electron chi connectivity index (χ2n) is 8.20. The van der Waals surface area contributed by atoms with Gasteiger partial charge in [0.1, 0.15) is 5.75 Å². The van der Waals surface area contributed by atoms with E-state index in [4.69, 9.17) is 30.8 Å². The zero-order chi connectivity index (χ0) is 25.5. The normalized spacial score (nSPS) is 18.6. The van der Waals surface area contributed by atoms with E-state index in [1.165, 1.54) is 0 Å². The number of azide groups is 1. The summed E-state index contributed by atoms with van der Waals surface area (Å²) in [5, 5.41) is 12.7. The molecule has 10 heteroatoms. The van der Waals surface area contributed by atoms with Crippen LogP contribution >= 0.6 is 15.9 Å². The number of rotatable bonds is 10. The molecule has 4 rings (SSSR count). The van der Waals surface area contributed by atoms with Gasteiger partial charge in [0.15, 0.2) is 11.6 Å². The maximum Gasteiger partial charge on any atom is 0.250 e. The van der Waals surface area contributed by atoms with Gasteiger partial charge in [-0.15, -0.1) is 0 Å². The van der Waals surface area contributed by atoms with Crippen LogP contribution in [0.1, 0.15) is 29.2 Å². The van der Waals surface area contributed by atoms with Crippen LogP contribution in [0.3, 0.4) is 0 Å². The molecule has 0 radical (unpaired) electrons. The summed E-state index contributed by atoms with van der Waals surface area (Å²) in [5.41, 5.74) is 15.9. The Hall–Kier alpha value is -3.85. The van der Waals surface area contributed by atoms with Crippen LogP contribution < -0.4 is 10.5 Å². The van der Waals surface area contributed by atoms with Gasteiger partial charge in [0.05, 0.1) is 6.61 Å². The number of aliphatic hydroxyl groups excluding tert-OH is 1. The van der Waals surface area contributed by atoms with Crippen LogP contribution in [-0.2, 0) is 16.0 Å². The Morgan fingerprint density at radius 3 is 2.56 bits per heavy atom. The maximum absolute atomic E-state index is 13.1. The SMILES string of the molecule is [N-]=[N+]=Nc1ccccc1[C@H]1OC(c2ccc(OCCCO)cc2)=N[C@@]1(Cc1ccc(Br)cc1)C(N)=O. The van der Waals surface area contributed by atoms with Gasteiger partial charge < -0.3 is 20.3 Å². The second kappa shape index (κ2) is 11.3. The first-order valence-electron chi connectivity index (χ1n) is 11.3. The highest BCUT2D eigenvalue weighted by molar-refractivity contribution is 9.10. The number of nitrogens with two attached hydrogens (primary N) is 1. The number of benzene rings is 3. The number of aliphatic imine (C=N–C) groups is 1. The van der Waals surface area contributed by atoms with Crippen molar-refractivity contribution in [2.24, 2.45) is 15.8 Å². The molecule has 0 saturated carbocycles. The minimum atomic E-state index is -1.49. The molecule has 36 heavy (non-hydrogen) atoms. The number of aliphatic hydroxyl groups is 1. The second-order valence-corrected chi connectivity index (χ2v) is 9.12. The lowest BCUT2D eigenvalue weighted by atomic mass is 9.82. The molecule has 1 aliphatic rings. The van der Waals surface area contributed by atoms with Gasteiger partial charge >= 0.3 is 0 Å². The number of hydrogen-bond acceptors (Lipinski definition) is 6. The third kappa shape index (κ3) is 5.36. The number of hydrogen-bond donors (Lipinski definition) is 2. The topological polar surface area (TPSA) is 143 Å². The molecule has 2 atom stereocenters. The van der Waals surface area contributed by atoms with Crippen molar-refractivity contribution in [1.29, 1.82) is 0 Å². The smallest absolute Gasteiger partial charge is 0.250 e. The summed E-state index contributed by atoms with van der Waals surface area (Å²) in [6, 6.07) is 21.5. The number of carbonyl (C=O) groups excluding carboxylic acids is 1. The van der Waals surface area contributed by atoms with Crippen molar-refractivity contribution in [1.82, 2.24) is 0 Å². The van der Waals surface area contributed by atoms with E-state index in [0.717, 1.165) is 10.0 Å². The highest BCUT2D eigenvalue weighted by Crippen LogP contribution is 2.45. The molecule has 184 valence electrons. The molecule has 3 N–H and O–H groups in total. The average Bonchev–Trinajstić information content (AvgIpc) is 3.27. The largest absolute Gasteiger partial charge is 0.494 e. The van der Waals surface area contributed by atoms with Gasteiger partial charge in [0, 0.05) is 45.6 Å². The van der Waals surface area contributed by atoms with Crippen molar-refractivity contribution in [3.63, 3.8) is 0 Å². The molecule has 0 spiro atoms. The zero-order valence-corrected chi connectivity index (χ0v) is 20.8. The zero-order valence-electron chi connectivity index (χ0n) is 19.3. The molecule has 0 bridgehead atoms. The van der Waals surface area contributed by atoms with Gasteiger partial charge in [-0.05, 0) is 47.5 Å². The highest BCUT2D eigenvalue weighted by Gasteiger charge is 2.52. The standard InChI is InChI=1S/C26H24BrN5O4/c27-19-10-6-17(7-11-19)16-26(25(28)34)23(21-4-1-2-5-22(21)31-32-29)36-24(30-26)18-8-12-20(13-9-18)35-15-3-14-33/h1-2,4-13,23,33H,3,14-16H2,(H2,28,34)/t23-,26-/m1/s1. The fourth-order valence-electron chi connectivity index (χ4n) is 4.04. The molecule has 0 fully saturated rings. The molecule has 0 unspecified atom stereocenters. The Morgan fingerprint density at radius 2 is 1.89 bits per heavy atom. The van der Waals surface area contributed by atoms with E-state index in [1.807, 2.05) is 24.3 Å². The number of ether oxygens (including phenoxy) is 2. The summed E-state index contributed by atoms with van der Waals surface area (Å²) in [5.74, 6) is 0.214. The van der Waals surface area contributed by atoms with Crippen molar-refractivity contribution < 1.29 is 19.4 Å². The fourth-order valence-corrected chi connectivity index (χ4v) is 4.31. The number of amides is 1. The fraction of sp³-hybridized carbons (Fsp3) is 0.231. The van der Waals surface area contributed by atoms with E-state index in [1.54, 1.807) is 48.5 Å². The minimum absolute atomic E-state index is 0.0506. The third-order valence-corrected chi connectivity index (χ3v) is 6.35. The quantitative estimate of drug-likeness (QED) is 0.156. The van der Waals surface area contributed by atoms with Crippen LogP contribution in [0, 0.1) is 0 Å². The monoisotopic (exact) mass is 549 g/mol. The molecular weight excluding hydrogens is 526 g/mol. The molecule has 3 aromatic carbocycles. The van der Waals surface area contributed by atoms with Gasteiger partial charge in [0.2, 0.25) is 11.8 Å². The molecule has 9 nitrogen and oxygen atoms in total. The minimum Gasteiger partial charge on any atom is -0.494 e. The van der Waals surface area contributed by atoms with E-state index in [-0.39, 0.29) is 18.9 Å². The van der Waals surface area contributed by atoms with Crippen LogP contribution in [0.4, 0.5) is 5.69 Å². The van der Waals surface area contributed by atoms with Gasteiger partial charge in [-0.25, -0.2) is 4.99 Å². The van der Waals surface area contributed by atoms with E-state index >= 15 is 0 Å². The molecular formula is C26H24BrN5O4. The van der Waals surface area contributed by atoms with Gasteiger partial charge in [-0.3, -0.25) is 4.79 Å². The van der Waals surface area contributed by atoms with Crippen LogP contribution in [0.5, 0.6) is 5.75 Å². The van der Waals surface area contributed by atoms with Gasteiger partial charge in [-0.1, -0.05) is 57.4 Å². The first kappa shape index (κ1) is 25.2. The number of carbonyl (C=O) groups is 1. The lowest BCUT2D eigenvalue weighted by Gasteiger charge is -2.29. The van der Waals surface area contributed by atoms with E-state index in [9.17, 15) is 4.79 Å². The van der Waals surface area contributed by atoms with Crippen molar-refractivity contribution in [3.8, 4) is 5.75 Å². The first-order valence-corrected chi connectivity index (χ1v) is 12.0. The average molecular weight is 550 g/mol. The third-order valence-electron chi connectivity index (χ3n) is 5.82. The summed E-state index contributed by atoms with van der Waals surface area (Å²) in [6.45, 7) is 0.443. The number of primary amides is 1. The first-order chi connectivity index (χ1) is 17.5. The Bertz CT molecular complexity index is 1310. The van der Waals surface area contributed by atoms with Crippen LogP contribution in [0.15, 0.2) is 87.4 Å². The van der Waals surface area contributed by atoms with Gasteiger partial charge in [-0.2, -0.15) is 0 Å². The lowest BCUT2D eigenvalue weighted by molar-refractivity contribution is -0.125. The van der Waals surface area contributed by atoms with Crippen molar-refractivity contribution in [2.45, 2.75) is 24.5 Å². The van der Waals surface area contributed by atoms with E-state index in [0.29, 0.717) is 35.6 Å². The summed E-state index contributed by atoms with van der Waals surface area (Å²) < 4.78 is 12.8. The number of halogens is 1. The molecule has 0 aromatic heterocycles. The van der Waals surface area contributed by atoms with Crippen molar-refractivity contribution in [2.75, 3.05) is 13.2 Å². The van der Waals surface area contributed by atoms with E-state index in [2.05, 4.69) is 26.0 Å². The van der Waals surface area contributed by atoms with Crippen LogP contribution in [0.2, 0.25) is 0 Å². The predicted molar refractivity (Wildman–Crippen MR) is 139 cm³/mol. The van der Waals surface area contributed by atoms with Crippen LogP contribution in [0.25, 0.3) is 10.4 Å². The molecule has 3 aromatic rings. The summed E-state index contributed by atoms with van der Waals surface area (Å²) in [4.78, 5) is 20.8. The molecule has 1 aliphatic heterocycles.